The van der Waals surface area contributed by atoms with Crippen LogP contribution in [0.2, 0.25) is 0 Å². The third-order valence-corrected chi connectivity index (χ3v) is 6.09. The molecule has 1 aliphatic rings. The number of likely N-dealkylation sites (tertiary alicyclic amines) is 1. The Kier molecular flexibility index (Phi) is 9.15. The highest BCUT2D eigenvalue weighted by atomic mass is 16.5. The zero-order valence-corrected chi connectivity index (χ0v) is 22.2. The second-order valence-electron chi connectivity index (χ2n) is 9.83. The largest absolute Gasteiger partial charge is 0.507 e. The Morgan fingerprint density at radius 1 is 1.06 bits per heavy atom. The average Bonchev–Trinajstić information content (AvgIpc) is 3.08. The number of carbonyl (C=O) groups excluding carboxylic acids is 2. The monoisotopic (exact) mass is 494 g/mol. The Bertz CT molecular complexity index is 1110. The van der Waals surface area contributed by atoms with Gasteiger partial charge in [-0.05, 0) is 88.3 Å². The molecule has 2 aromatic carbocycles. The van der Waals surface area contributed by atoms with Crippen molar-refractivity contribution in [1.29, 1.82) is 0 Å². The van der Waals surface area contributed by atoms with Gasteiger partial charge in [0.25, 0.3) is 11.7 Å². The summed E-state index contributed by atoms with van der Waals surface area (Å²) in [4.78, 5) is 30.0. The van der Waals surface area contributed by atoms with Crippen molar-refractivity contribution in [3.05, 3.63) is 64.7 Å². The minimum absolute atomic E-state index is 0.105. The lowest BCUT2D eigenvalue weighted by atomic mass is 9.93. The summed E-state index contributed by atoms with van der Waals surface area (Å²) in [5.41, 5.74) is 2.12. The molecule has 1 heterocycles. The van der Waals surface area contributed by atoms with E-state index in [0.717, 1.165) is 17.7 Å². The van der Waals surface area contributed by atoms with E-state index in [2.05, 4.69) is 13.8 Å². The fourth-order valence-electron chi connectivity index (χ4n) is 4.33. The van der Waals surface area contributed by atoms with Gasteiger partial charge in [-0.2, -0.15) is 0 Å². The first-order valence-electron chi connectivity index (χ1n) is 12.5. The van der Waals surface area contributed by atoms with E-state index in [0.29, 0.717) is 49.2 Å². The predicted molar refractivity (Wildman–Crippen MR) is 141 cm³/mol. The quantitative estimate of drug-likeness (QED) is 0.275. The third-order valence-electron chi connectivity index (χ3n) is 6.09. The summed E-state index contributed by atoms with van der Waals surface area (Å²) >= 11 is 0. The molecule has 36 heavy (non-hydrogen) atoms. The van der Waals surface area contributed by atoms with Crippen molar-refractivity contribution in [1.82, 2.24) is 9.80 Å². The molecular weight excluding hydrogens is 456 g/mol. The fraction of sp³-hybridized carbons (Fsp3) is 0.448. The van der Waals surface area contributed by atoms with Gasteiger partial charge in [0.1, 0.15) is 17.3 Å². The molecule has 0 spiro atoms. The van der Waals surface area contributed by atoms with Gasteiger partial charge in [0.2, 0.25) is 0 Å². The highest BCUT2D eigenvalue weighted by molar-refractivity contribution is 6.46. The molecule has 1 aliphatic heterocycles. The Balaban J connectivity index is 2.04. The van der Waals surface area contributed by atoms with Gasteiger partial charge in [-0.3, -0.25) is 9.59 Å². The number of hydrogen-bond acceptors (Lipinski definition) is 6. The number of aryl methyl sites for hydroxylation is 1. The van der Waals surface area contributed by atoms with Crippen molar-refractivity contribution in [2.24, 2.45) is 5.92 Å². The number of ketones is 1. The average molecular weight is 495 g/mol. The zero-order chi connectivity index (χ0) is 26.4. The maximum atomic E-state index is 13.3. The number of ether oxygens (including phenoxy) is 2. The molecule has 0 saturated carbocycles. The van der Waals surface area contributed by atoms with Crippen LogP contribution in [0.4, 0.5) is 0 Å². The van der Waals surface area contributed by atoms with Gasteiger partial charge in [0.05, 0.1) is 24.8 Å². The van der Waals surface area contributed by atoms with E-state index in [-0.39, 0.29) is 11.3 Å². The van der Waals surface area contributed by atoms with Crippen LogP contribution in [0.3, 0.4) is 0 Å². The lowest BCUT2D eigenvalue weighted by molar-refractivity contribution is -0.139. The number of carbonyl (C=O) groups is 2. The first-order valence-corrected chi connectivity index (χ1v) is 12.5. The van der Waals surface area contributed by atoms with Gasteiger partial charge in [-0.25, -0.2) is 0 Å². The van der Waals surface area contributed by atoms with Gasteiger partial charge in [0.15, 0.2) is 0 Å². The van der Waals surface area contributed by atoms with Crippen LogP contribution in [-0.4, -0.2) is 67.0 Å². The van der Waals surface area contributed by atoms with Crippen LogP contribution in [0.1, 0.15) is 49.9 Å². The van der Waals surface area contributed by atoms with E-state index < -0.39 is 17.7 Å². The number of rotatable bonds is 11. The number of nitrogens with zero attached hydrogens (tertiary/aromatic N) is 2. The standard InChI is InChI=1S/C29H38N2O5/c1-7-35-22-11-9-21(10-12-22)26-25(28(33)29(34)31(26)16-8-15-30(5)6)27(32)24-14-13-23(17-20(24)4)36-18-19(2)3/h9-14,17,19,26,32H,7-8,15-16,18H2,1-6H3/t26-/m0/s1. The van der Waals surface area contributed by atoms with Crippen molar-refractivity contribution < 1.29 is 24.2 Å². The minimum Gasteiger partial charge on any atom is -0.507 e. The predicted octanol–water partition coefficient (Wildman–Crippen LogP) is 4.80. The van der Waals surface area contributed by atoms with Gasteiger partial charge in [0, 0.05) is 12.1 Å². The van der Waals surface area contributed by atoms with Gasteiger partial charge in [-0.1, -0.05) is 26.0 Å². The van der Waals surface area contributed by atoms with Crippen molar-refractivity contribution in [3.63, 3.8) is 0 Å². The zero-order valence-electron chi connectivity index (χ0n) is 22.2. The Morgan fingerprint density at radius 3 is 2.31 bits per heavy atom. The Labute approximate surface area is 214 Å². The minimum atomic E-state index is -0.681. The molecule has 3 rings (SSSR count). The Hall–Kier alpha value is -3.32. The topological polar surface area (TPSA) is 79.3 Å². The molecule has 0 bridgehead atoms. The second kappa shape index (κ2) is 12.1. The molecule has 0 unspecified atom stereocenters. The summed E-state index contributed by atoms with van der Waals surface area (Å²) in [6.07, 6.45) is 0.703. The van der Waals surface area contributed by atoms with Crippen molar-refractivity contribution in [3.8, 4) is 11.5 Å². The number of amides is 1. The van der Waals surface area contributed by atoms with Gasteiger partial charge in [-0.15, -0.1) is 0 Å². The summed E-state index contributed by atoms with van der Waals surface area (Å²) in [5, 5.41) is 11.4. The van der Waals surface area contributed by atoms with Crippen LogP contribution < -0.4 is 9.47 Å². The van der Waals surface area contributed by atoms with Crippen LogP contribution in [0.5, 0.6) is 11.5 Å². The van der Waals surface area contributed by atoms with E-state index in [4.69, 9.17) is 9.47 Å². The van der Waals surface area contributed by atoms with Crippen molar-refractivity contribution in [2.75, 3.05) is 40.4 Å². The molecule has 1 saturated heterocycles. The molecule has 2 aromatic rings. The van der Waals surface area contributed by atoms with E-state index in [1.165, 1.54) is 0 Å². The molecule has 1 fully saturated rings. The van der Waals surface area contributed by atoms with E-state index in [1.54, 1.807) is 17.0 Å². The molecule has 194 valence electrons. The summed E-state index contributed by atoms with van der Waals surface area (Å²) < 4.78 is 11.4. The maximum absolute atomic E-state index is 13.3. The van der Waals surface area contributed by atoms with Crippen LogP contribution in [-0.2, 0) is 9.59 Å². The van der Waals surface area contributed by atoms with Crippen molar-refractivity contribution in [2.45, 2.75) is 40.2 Å². The van der Waals surface area contributed by atoms with E-state index >= 15 is 0 Å². The molecular formula is C29H38N2O5. The summed E-state index contributed by atoms with van der Waals surface area (Å²) in [6, 6.07) is 12.0. The van der Waals surface area contributed by atoms with Crippen LogP contribution in [0.25, 0.3) is 5.76 Å². The summed E-state index contributed by atoms with van der Waals surface area (Å²) in [6.45, 7) is 10.2. The van der Waals surface area contributed by atoms with Crippen LogP contribution in [0.15, 0.2) is 48.0 Å². The molecule has 0 aliphatic carbocycles. The van der Waals surface area contributed by atoms with Gasteiger partial charge < -0.3 is 24.4 Å². The lowest BCUT2D eigenvalue weighted by Gasteiger charge is -2.26. The maximum Gasteiger partial charge on any atom is 0.295 e. The molecule has 7 heteroatoms. The highest BCUT2D eigenvalue weighted by Gasteiger charge is 2.45. The summed E-state index contributed by atoms with van der Waals surface area (Å²) in [7, 11) is 3.94. The molecule has 1 atom stereocenters. The van der Waals surface area contributed by atoms with Crippen molar-refractivity contribution >= 4 is 17.4 Å². The first-order chi connectivity index (χ1) is 17.1. The number of benzene rings is 2. The van der Waals surface area contributed by atoms with E-state index in [1.807, 2.05) is 63.2 Å². The Morgan fingerprint density at radius 2 is 1.72 bits per heavy atom. The van der Waals surface area contributed by atoms with Crippen LogP contribution in [0, 0.1) is 12.8 Å². The molecule has 0 radical (unpaired) electrons. The van der Waals surface area contributed by atoms with Crippen LogP contribution >= 0.6 is 0 Å². The normalized spacial score (nSPS) is 17.3. The second-order valence-corrected chi connectivity index (χ2v) is 9.83. The summed E-state index contributed by atoms with van der Waals surface area (Å²) in [5.74, 6) is 0.356. The number of aliphatic hydroxyl groups is 1. The third kappa shape index (κ3) is 6.26. The molecule has 0 aromatic heterocycles. The SMILES string of the molecule is CCOc1ccc([C@H]2C(=C(O)c3ccc(OCC(C)C)cc3C)C(=O)C(=O)N2CCCN(C)C)cc1. The highest BCUT2D eigenvalue weighted by Crippen LogP contribution is 2.40. The van der Waals surface area contributed by atoms with E-state index in [9.17, 15) is 14.7 Å². The number of hydrogen-bond donors (Lipinski definition) is 1. The smallest absolute Gasteiger partial charge is 0.295 e. The molecule has 7 nitrogen and oxygen atoms in total. The van der Waals surface area contributed by atoms with Gasteiger partial charge >= 0.3 is 0 Å². The number of Topliss-reactive ketones (excluding diaryl/α,β-unsaturated/α-hetero) is 1. The lowest BCUT2D eigenvalue weighted by Crippen LogP contribution is -2.32. The number of aliphatic hydroxyl groups excluding tert-OH is 1. The molecule has 1 amide bonds. The molecule has 1 N–H and O–H groups in total. The fourth-order valence-corrected chi connectivity index (χ4v) is 4.33. The first kappa shape index (κ1) is 27.3.